The van der Waals surface area contributed by atoms with E-state index in [1.165, 1.54) is 13.8 Å². The van der Waals surface area contributed by atoms with Crippen molar-refractivity contribution >= 4 is 11.9 Å². The molecule has 0 unspecified atom stereocenters. The topological polar surface area (TPSA) is 113 Å². The average Bonchev–Trinajstić information content (AvgIpc) is 3.39. The second kappa shape index (κ2) is 7.70. The third kappa shape index (κ3) is 2.42. The van der Waals surface area contributed by atoms with E-state index in [0.29, 0.717) is 12.8 Å². The molecule has 7 aliphatic rings. The second-order valence-electron chi connectivity index (χ2n) is 13.2. The van der Waals surface area contributed by atoms with Gasteiger partial charge in [-0.05, 0) is 31.2 Å². The first kappa shape index (κ1) is 25.7. The predicted octanol–water partition coefficient (Wildman–Crippen LogP) is 1.27. The number of nitrogens with zero attached hydrogens (tertiary/aromatic N) is 1. The van der Waals surface area contributed by atoms with Crippen LogP contribution in [0.2, 0.25) is 0 Å². The number of hydrogen-bond acceptors (Lipinski definition) is 10. The van der Waals surface area contributed by atoms with Crippen LogP contribution in [-0.4, -0.2) is 103 Å². The van der Waals surface area contributed by atoms with Crippen LogP contribution < -0.4 is 0 Å². The van der Waals surface area contributed by atoms with Crippen molar-refractivity contribution < 1.29 is 43.1 Å². The summed E-state index contributed by atoms with van der Waals surface area (Å²) in [5.41, 5.74) is -4.59. The molecule has 7 rings (SSSR count). The number of ether oxygens (including phenoxy) is 6. The number of hydrogen-bond donors (Lipinski definition) is 1. The van der Waals surface area contributed by atoms with Gasteiger partial charge in [0.15, 0.2) is 5.60 Å². The Kier molecular flexibility index (Phi) is 5.20. The van der Waals surface area contributed by atoms with Gasteiger partial charge in [-0.1, -0.05) is 13.8 Å². The van der Waals surface area contributed by atoms with Gasteiger partial charge in [-0.2, -0.15) is 0 Å². The fraction of sp³-hybridized carbons (Fsp3) is 0.929. The van der Waals surface area contributed by atoms with Crippen molar-refractivity contribution in [2.45, 2.75) is 101 Å². The SMILES string of the molecule is CCN1C[C@]2(C)CC[C@H](OC)[C@]34[C@@H]2[C@H](OC(C)=O)[C@@]2(OCO[C@@]25C[C@H](OC)[C@H]2C[C@]3(O)[C@@H]5[C@H]2OC(C)=O)[C@@H]14. The smallest absolute Gasteiger partial charge is 0.303 e. The number of methoxy groups -OCH3 is 2. The Morgan fingerprint density at radius 1 is 1.05 bits per heavy atom. The lowest BCUT2D eigenvalue weighted by Gasteiger charge is -2.71. The molecule has 10 nitrogen and oxygen atoms in total. The van der Waals surface area contributed by atoms with Crippen LogP contribution in [0.4, 0.5) is 0 Å². The lowest BCUT2D eigenvalue weighted by Crippen LogP contribution is -2.85. The van der Waals surface area contributed by atoms with Gasteiger partial charge in [-0.3, -0.25) is 14.5 Å². The molecule has 0 aromatic heterocycles. The number of likely N-dealkylation sites (N-methyl/N-ethyl adjacent to an activating group) is 1. The molecule has 0 aromatic carbocycles. The van der Waals surface area contributed by atoms with Crippen molar-refractivity contribution in [1.82, 2.24) is 4.90 Å². The van der Waals surface area contributed by atoms with Gasteiger partial charge in [0.1, 0.15) is 24.6 Å². The minimum Gasteiger partial charge on any atom is -0.462 e. The summed E-state index contributed by atoms with van der Waals surface area (Å²) in [7, 11) is 3.38. The van der Waals surface area contributed by atoms with Crippen molar-refractivity contribution in [3.05, 3.63) is 0 Å². The Morgan fingerprint density at radius 2 is 1.79 bits per heavy atom. The lowest BCUT2D eigenvalue weighted by atomic mass is 9.41. The van der Waals surface area contributed by atoms with E-state index in [4.69, 9.17) is 28.4 Å². The second-order valence-corrected chi connectivity index (χ2v) is 13.2. The van der Waals surface area contributed by atoms with Crippen molar-refractivity contribution in [2.75, 3.05) is 34.1 Å². The summed E-state index contributed by atoms with van der Waals surface area (Å²) >= 11 is 0. The van der Waals surface area contributed by atoms with Crippen molar-refractivity contribution in [3.8, 4) is 0 Å². The molecule has 0 aromatic rings. The highest BCUT2D eigenvalue weighted by Crippen LogP contribution is 2.83. The van der Waals surface area contributed by atoms with Crippen LogP contribution in [0.1, 0.15) is 53.4 Å². The van der Waals surface area contributed by atoms with Crippen molar-refractivity contribution in [2.24, 2.45) is 28.6 Å². The van der Waals surface area contributed by atoms with E-state index in [2.05, 4.69) is 18.7 Å². The summed E-state index contributed by atoms with van der Waals surface area (Å²) in [6.45, 7) is 8.81. The molecule has 2 saturated heterocycles. The minimum atomic E-state index is -1.33. The number of fused-ring (bicyclic) bond motifs is 1. The van der Waals surface area contributed by atoms with Crippen molar-refractivity contribution in [1.29, 1.82) is 0 Å². The Bertz CT molecular complexity index is 1070. The maximum Gasteiger partial charge on any atom is 0.303 e. The molecule has 10 heteroatoms. The Morgan fingerprint density at radius 3 is 2.42 bits per heavy atom. The van der Waals surface area contributed by atoms with Gasteiger partial charge in [0.05, 0.1) is 35.2 Å². The molecule has 0 radical (unpaired) electrons. The quantitative estimate of drug-likeness (QED) is 0.517. The Labute approximate surface area is 223 Å². The van der Waals surface area contributed by atoms with E-state index in [9.17, 15) is 14.7 Å². The zero-order valence-electron chi connectivity index (χ0n) is 23.2. The van der Waals surface area contributed by atoms with Crippen LogP contribution in [-0.2, 0) is 38.0 Å². The van der Waals surface area contributed by atoms with Gasteiger partial charge >= 0.3 is 11.9 Å². The number of likely N-dealkylation sites (tertiary alicyclic amines) is 1. The third-order valence-corrected chi connectivity index (χ3v) is 12.2. The van der Waals surface area contributed by atoms with E-state index in [-0.39, 0.29) is 48.3 Å². The first-order valence-electron chi connectivity index (χ1n) is 14.2. The Balaban J connectivity index is 1.60. The number of esters is 2. The van der Waals surface area contributed by atoms with Gasteiger partial charge in [-0.25, -0.2) is 0 Å². The fourth-order valence-corrected chi connectivity index (χ4v) is 11.8. The summed E-state index contributed by atoms with van der Waals surface area (Å²) in [4.78, 5) is 27.7. The average molecular weight is 536 g/mol. The van der Waals surface area contributed by atoms with Gasteiger partial charge in [0.2, 0.25) is 0 Å². The highest BCUT2D eigenvalue weighted by atomic mass is 16.7. The fourth-order valence-electron chi connectivity index (χ4n) is 11.8. The highest BCUT2D eigenvalue weighted by Gasteiger charge is 2.98. The molecule has 0 amide bonds. The molecular formula is C28H41NO9. The first-order valence-corrected chi connectivity index (χ1v) is 14.2. The zero-order chi connectivity index (χ0) is 27.0. The maximum atomic E-state index is 13.5. The summed E-state index contributed by atoms with van der Waals surface area (Å²) in [5.74, 6) is -1.78. The van der Waals surface area contributed by atoms with Gasteiger partial charge in [0.25, 0.3) is 0 Å². The number of aliphatic hydroxyl groups is 1. The molecule has 1 N–H and O–H groups in total. The summed E-state index contributed by atoms with van der Waals surface area (Å²) in [5, 5.41) is 13.5. The van der Waals surface area contributed by atoms with E-state index in [1.54, 1.807) is 14.2 Å². The first-order chi connectivity index (χ1) is 18.0. The van der Waals surface area contributed by atoms with Crippen LogP contribution in [0.25, 0.3) is 0 Å². The number of piperidine rings is 1. The molecule has 2 aliphatic heterocycles. The Hall–Kier alpha value is -1.30. The van der Waals surface area contributed by atoms with E-state index in [0.717, 1.165) is 25.9 Å². The lowest BCUT2D eigenvalue weighted by molar-refractivity contribution is -0.331. The summed E-state index contributed by atoms with van der Waals surface area (Å²) in [6.07, 6.45) is 0.595. The molecule has 2 heterocycles. The van der Waals surface area contributed by atoms with Crippen LogP contribution >= 0.6 is 0 Å². The number of carbonyl (C=O) groups is 2. The summed E-state index contributed by atoms with van der Waals surface area (Å²) < 4.78 is 38.4. The molecular weight excluding hydrogens is 494 g/mol. The van der Waals surface area contributed by atoms with Gasteiger partial charge in [0, 0.05) is 52.9 Å². The standard InChI is InChI=1S/C28H41NO9/c1-7-29-12-24(4)9-8-18(34-6)27-21(24)22(38-15(3)31)28(23(27)29)26(35-13-36-28)11-17(33-5)16-10-25(27,32)20(26)19(16)37-14(2)30/h16-23,32H,7-13H2,1-6H3/t16-,17+,18+,19+,20+,21-,22+,23+,24+,25+,26-,27-,28-/m1/s1. The number of rotatable bonds is 5. The maximum absolute atomic E-state index is 13.5. The number of carbonyl (C=O) groups excluding carboxylic acids is 2. The minimum absolute atomic E-state index is 0.00343. The highest BCUT2D eigenvalue weighted by molar-refractivity contribution is 5.67. The molecule has 38 heavy (non-hydrogen) atoms. The van der Waals surface area contributed by atoms with E-state index >= 15 is 0 Å². The molecule has 3 spiro atoms. The normalized spacial score (nSPS) is 57.4. The molecule has 212 valence electrons. The molecule has 5 saturated carbocycles. The third-order valence-electron chi connectivity index (χ3n) is 12.2. The summed E-state index contributed by atoms with van der Waals surface area (Å²) in [6, 6.07) is -0.316. The van der Waals surface area contributed by atoms with E-state index in [1.807, 2.05) is 0 Å². The largest absolute Gasteiger partial charge is 0.462 e. The van der Waals surface area contributed by atoms with Crippen LogP contribution in [0.3, 0.4) is 0 Å². The molecule has 7 fully saturated rings. The zero-order valence-corrected chi connectivity index (χ0v) is 23.2. The van der Waals surface area contributed by atoms with E-state index < -0.39 is 46.3 Å². The van der Waals surface area contributed by atoms with Crippen LogP contribution in [0.15, 0.2) is 0 Å². The molecule has 7 bridgehead atoms. The van der Waals surface area contributed by atoms with Gasteiger partial charge < -0.3 is 33.5 Å². The van der Waals surface area contributed by atoms with Crippen molar-refractivity contribution in [3.63, 3.8) is 0 Å². The monoisotopic (exact) mass is 535 g/mol. The van der Waals surface area contributed by atoms with Gasteiger partial charge in [-0.15, -0.1) is 0 Å². The van der Waals surface area contributed by atoms with Crippen LogP contribution in [0.5, 0.6) is 0 Å². The predicted molar refractivity (Wildman–Crippen MR) is 131 cm³/mol. The van der Waals surface area contributed by atoms with Crippen LogP contribution in [0, 0.1) is 28.6 Å². The molecule has 13 atom stereocenters. The molecule has 5 aliphatic carbocycles.